The van der Waals surface area contributed by atoms with Crippen LogP contribution in [0.4, 0.5) is 0 Å². The average Bonchev–Trinajstić information content (AvgIpc) is 2.56. The zero-order valence-electron chi connectivity index (χ0n) is 11.6. The standard InChI is InChI=1S/C14H14ClN3O3S/c15-13-9-11(12-3-4-16-17-10-12)1-2-14(13)22(19,20)18-5-7-21-8-6-18/h1-4,9-10H,5-8H2. The summed E-state index contributed by atoms with van der Waals surface area (Å²) in [6, 6.07) is 6.67. The van der Waals surface area contributed by atoms with Crippen LogP contribution < -0.4 is 0 Å². The molecule has 116 valence electrons. The molecule has 2 heterocycles. The van der Waals surface area contributed by atoms with Crippen molar-refractivity contribution in [1.29, 1.82) is 0 Å². The van der Waals surface area contributed by atoms with E-state index >= 15 is 0 Å². The molecule has 1 aliphatic heterocycles. The van der Waals surface area contributed by atoms with Crippen molar-refractivity contribution in [2.75, 3.05) is 26.3 Å². The first-order chi connectivity index (χ1) is 10.6. The molecule has 2 aromatic rings. The number of hydrogen-bond donors (Lipinski definition) is 0. The van der Waals surface area contributed by atoms with Crippen LogP contribution in [-0.2, 0) is 14.8 Å². The Hall–Kier alpha value is -1.54. The summed E-state index contributed by atoms with van der Waals surface area (Å²) in [5.41, 5.74) is 1.62. The second-order valence-electron chi connectivity index (χ2n) is 4.79. The molecular formula is C14H14ClN3O3S. The van der Waals surface area contributed by atoms with E-state index < -0.39 is 10.0 Å². The van der Waals surface area contributed by atoms with E-state index in [0.29, 0.717) is 26.3 Å². The highest BCUT2D eigenvalue weighted by molar-refractivity contribution is 7.89. The molecule has 0 atom stereocenters. The molecule has 0 aliphatic carbocycles. The summed E-state index contributed by atoms with van der Waals surface area (Å²) in [7, 11) is -3.60. The van der Waals surface area contributed by atoms with Crippen LogP contribution in [0.2, 0.25) is 5.02 Å². The number of ether oxygens (including phenoxy) is 1. The van der Waals surface area contributed by atoms with E-state index in [1.54, 1.807) is 30.6 Å². The lowest BCUT2D eigenvalue weighted by molar-refractivity contribution is 0.0730. The molecule has 0 N–H and O–H groups in total. The summed E-state index contributed by atoms with van der Waals surface area (Å²) >= 11 is 6.21. The van der Waals surface area contributed by atoms with Crippen molar-refractivity contribution in [3.8, 4) is 11.1 Å². The third kappa shape index (κ3) is 2.98. The fourth-order valence-electron chi connectivity index (χ4n) is 2.28. The fraction of sp³-hybridized carbons (Fsp3) is 0.286. The lowest BCUT2D eigenvalue weighted by Gasteiger charge is -2.26. The number of sulfonamides is 1. The van der Waals surface area contributed by atoms with E-state index in [9.17, 15) is 8.42 Å². The number of hydrogen-bond acceptors (Lipinski definition) is 5. The van der Waals surface area contributed by atoms with Crippen molar-refractivity contribution in [2.24, 2.45) is 0 Å². The van der Waals surface area contributed by atoms with Gasteiger partial charge in [0.05, 0.1) is 30.6 Å². The molecule has 8 heteroatoms. The second-order valence-corrected chi connectivity index (χ2v) is 7.11. The van der Waals surface area contributed by atoms with Gasteiger partial charge in [0.15, 0.2) is 0 Å². The molecule has 1 aliphatic rings. The van der Waals surface area contributed by atoms with Crippen LogP contribution in [0.5, 0.6) is 0 Å². The van der Waals surface area contributed by atoms with E-state index in [2.05, 4.69) is 10.2 Å². The highest BCUT2D eigenvalue weighted by Gasteiger charge is 2.28. The van der Waals surface area contributed by atoms with Gasteiger partial charge < -0.3 is 4.74 Å². The second kappa shape index (κ2) is 6.29. The first kappa shape index (κ1) is 15.4. The molecule has 0 unspecified atom stereocenters. The number of aromatic nitrogens is 2. The fourth-order valence-corrected chi connectivity index (χ4v) is 4.20. The van der Waals surface area contributed by atoms with Gasteiger partial charge in [0.2, 0.25) is 10.0 Å². The smallest absolute Gasteiger partial charge is 0.244 e. The minimum Gasteiger partial charge on any atom is -0.379 e. The molecule has 22 heavy (non-hydrogen) atoms. The minimum atomic E-state index is -3.60. The van der Waals surface area contributed by atoms with Crippen molar-refractivity contribution < 1.29 is 13.2 Å². The van der Waals surface area contributed by atoms with Gasteiger partial charge in [-0.05, 0) is 23.8 Å². The van der Waals surface area contributed by atoms with E-state index in [1.807, 2.05) is 0 Å². The number of benzene rings is 1. The number of rotatable bonds is 3. The zero-order valence-corrected chi connectivity index (χ0v) is 13.2. The Bertz CT molecular complexity index is 762. The van der Waals surface area contributed by atoms with Crippen molar-refractivity contribution in [3.05, 3.63) is 41.7 Å². The van der Waals surface area contributed by atoms with E-state index in [1.165, 1.54) is 10.4 Å². The van der Waals surface area contributed by atoms with Crippen molar-refractivity contribution >= 4 is 21.6 Å². The van der Waals surface area contributed by atoms with Gasteiger partial charge in [-0.15, -0.1) is 0 Å². The molecule has 1 saturated heterocycles. The van der Waals surface area contributed by atoms with E-state index in [-0.39, 0.29) is 9.92 Å². The summed E-state index contributed by atoms with van der Waals surface area (Å²) in [6.07, 6.45) is 3.17. The largest absolute Gasteiger partial charge is 0.379 e. The van der Waals surface area contributed by atoms with Gasteiger partial charge in [0, 0.05) is 18.7 Å². The summed E-state index contributed by atoms with van der Waals surface area (Å²) in [5.74, 6) is 0. The van der Waals surface area contributed by atoms with Crippen LogP contribution in [0.15, 0.2) is 41.6 Å². The molecule has 0 amide bonds. The molecule has 0 saturated carbocycles. The van der Waals surface area contributed by atoms with Gasteiger partial charge in [0.25, 0.3) is 0 Å². The first-order valence-electron chi connectivity index (χ1n) is 6.73. The van der Waals surface area contributed by atoms with Gasteiger partial charge in [-0.1, -0.05) is 17.7 Å². The Morgan fingerprint density at radius 3 is 2.50 bits per heavy atom. The highest BCUT2D eigenvalue weighted by Crippen LogP contribution is 2.30. The van der Waals surface area contributed by atoms with Crippen molar-refractivity contribution in [2.45, 2.75) is 4.90 Å². The Morgan fingerprint density at radius 1 is 1.09 bits per heavy atom. The lowest BCUT2D eigenvalue weighted by atomic mass is 10.1. The van der Waals surface area contributed by atoms with Gasteiger partial charge in [-0.3, -0.25) is 0 Å². The zero-order chi connectivity index (χ0) is 15.6. The van der Waals surface area contributed by atoms with Crippen LogP contribution >= 0.6 is 11.6 Å². The summed E-state index contributed by atoms with van der Waals surface area (Å²) in [5, 5.41) is 7.71. The van der Waals surface area contributed by atoms with Gasteiger partial charge in [-0.25, -0.2) is 8.42 Å². The number of halogens is 1. The maximum absolute atomic E-state index is 12.6. The number of nitrogens with zero attached hydrogens (tertiary/aromatic N) is 3. The van der Waals surface area contributed by atoms with Gasteiger partial charge in [-0.2, -0.15) is 14.5 Å². The summed E-state index contributed by atoms with van der Waals surface area (Å²) < 4.78 is 31.8. The normalized spacial score (nSPS) is 16.6. The molecule has 1 aromatic carbocycles. The van der Waals surface area contributed by atoms with E-state index in [0.717, 1.165) is 11.1 Å². The van der Waals surface area contributed by atoms with Gasteiger partial charge in [0.1, 0.15) is 4.90 Å². The molecular weight excluding hydrogens is 326 g/mol. The third-order valence-corrected chi connectivity index (χ3v) is 5.82. The predicted octanol–water partition coefficient (Wildman–Crippen LogP) is 1.82. The number of morpholine rings is 1. The minimum absolute atomic E-state index is 0.113. The van der Waals surface area contributed by atoms with Crippen LogP contribution in [0.25, 0.3) is 11.1 Å². The quantitative estimate of drug-likeness (QED) is 0.853. The molecule has 0 radical (unpaired) electrons. The maximum Gasteiger partial charge on any atom is 0.244 e. The van der Waals surface area contributed by atoms with Crippen molar-refractivity contribution in [1.82, 2.24) is 14.5 Å². The SMILES string of the molecule is O=S(=O)(c1ccc(-c2ccnnc2)cc1Cl)N1CCOCC1. The summed E-state index contributed by atoms with van der Waals surface area (Å²) in [4.78, 5) is 0.113. The molecule has 0 spiro atoms. The van der Waals surface area contributed by atoms with Crippen LogP contribution in [0.1, 0.15) is 0 Å². The van der Waals surface area contributed by atoms with Crippen LogP contribution in [0.3, 0.4) is 0 Å². The topological polar surface area (TPSA) is 72.4 Å². The van der Waals surface area contributed by atoms with Gasteiger partial charge >= 0.3 is 0 Å². The van der Waals surface area contributed by atoms with Crippen LogP contribution in [-0.4, -0.2) is 49.2 Å². The predicted molar refractivity (Wildman–Crippen MR) is 82.1 cm³/mol. The Kier molecular flexibility index (Phi) is 4.39. The average molecular weight is 340 g/mol. The Morgan fingerprint density at radius 2 is 1.86 bits per heavy atom. The molecule has 1 aromatic heterocycles. The lowest BCUT2D eigenvalue weighted by Crippen LogP contribution is -2.40. The molecule has 0 bridgehead atoms. The highest BCUT2D eigenvalue weighted by atomic mass is 35.5. The summed E-state index contributed by atoms with van der Waals surface area (Å²) in [6.45, 7) is 1.48. The molecule has 6 nitrogen and oxygen atoms in total. The first-order valence-corrected chi connectivity index (χ1v) is 8.55. The molecule has 3 rings (SSSR count). The molecule has 1 fully saturated rings. The monoisotopic (exact) mass is 339 g/mol. The third-order valence-electron chi connectivity index (χ3n) is 3.44. The van der Waals surface area contributed by atoms with E-state index in [4.69, 9.17) is 16.3 Å². The Balaban J connectivity index is 1.95. The van der Waals surface area contributed by atoms with Crippen molar-refractivity contribution in [3.63, 3.8) is 0 Å². The van der Waals surface area contributed by atoms with Crippen LogP contribution in [0, 0.1) is 0 Å². The Labute approximate surface area is 133 Å². The maximum atomic E-state index is 12.6.